The summed E-state index contributed by atoms with van der Waals surface area (Å²) >= 11 is 3.36. The van der Waals surface area contributed by atoms with E-state index in [-0.39, 0.29) is 0 Å². The van der Waals surface area contributed by atoms with Crippen LogP contribution in [0.25, 0.3) is 0 Å². The number of rotatable bonds is 7. The van der Waals surface area contributed by atoms with E-state index in [2.05, 4.69) is 26.0 Å². The molecule has 0 amide bonds. The molecule has 0 radical (unpaired) electrons. The van der Waals surface area contributed by atoms with Crippen molar-refractivity contribution in [3.8, 4) is 0 Å². The molecule has 0 aromatic heterocycles. The first-order valence-corrected chi connectivity index (χ1v) is 8.23. The first-order valence-electron chi connectivity index (χ1n) is 5.89. The molecule has 0 aliphatic heterocycles. The Morgan fingerprint density at radius 2 is 2.11 bits per heavy atom. The van der Waals surface area contributed by atoms with Crippen LogP contribution in [0.5, 0.6) is 0 Å². The number of nitrogens with one attached hydrogen (secondary N) is 2. The normalized spacial score (nSPS) is 13.5. The maximum absolute atomic E-state index is 11.9. The third-order valence-electron chi connectivity index (χ3n) is 2.58. The number of sulfonamides is 1. The predicted molar refractivity (Wildman–Crippen MR) is 77.9 cm³/mol. The number of hydrogen-bond donors (Lipinski definition) is 2. The molecule has 0 fully saturated rings. The first kappa shape index (κ1) is 15.6. The maximum atomic E-state index is 11.9. The van der Waals surface area contributed by atoms with Crippen LogP contribution in [0.4, 0.5) is 0 Å². The molecule has 4 nitrogen and oxygen atoms in total. The zero-order chi connectivity index (χ0) is 13.6. The van der Waals surface area contributed by atoms with Crippen LogP contribution >= 0.6 is 15.9 Å². The van der Waals surface area contributed by atoms with E-state index in [1.54, 1.807) is 6.92 Å². The van der Waals surface area contributed by atoms with E-state index in [1.807, 2.05) is 31.2 Å². The monoisotopic (exact) mass is 334 g/mol. The van der Waals surface area contributed by atoms with Gasteiger partial charge in [-0.2, -0.15) is 0 Å². The Hall–Kier alpha value is -0.430. The van der Waals surface area contributed by atoms with Gasteiger partial charge in [0.15, 0.2) is 0 Å². The standard InChI is InChI=1S/C12H19BrN2O2S/c1-3-14-8-10(2)18(16,17)15-9-11-5-4-6-12(13)7-11/h4-7,10,14-15H,3,8-9H2,1-2H3. The molecule has 0 saturated carbocycles. The summed E-state index contributed by atoms with van der Waals surface area (Å²) in [6.07, 6.45) is 0. The van der Waals surface area contributed by atoms with E-state index in [9.17, 15) is 8.42 Å². The molecular formula is C12H19BrN2O2S. The lowest BCUT2D eigenvalue weighted by Crippen LogP contribution is -2.38. The Balaban J connectivity index is 2.56. The Labute approximate surface area is 117 Å². The van der Waals surface area contributed by atoms with Gasteiger partial charge in [0, 0.05) is 17.6 Å². The molecule has 6 heteroatoms. The van der Waals surface area contributed by atoms with Crippen molar-refractivity contribution in [3.63, 3.8) is 0 Å². The van der Waals surface area contributed by atoms with Crippen molar-refractivity contribution in [2.24, 2.45) is 0 Å². The second kappa shape index (κ2) is 7.23. The van der Waals surface area contributed by atoms with Crippen LogP contribution in [0.15, 0.2) is 28.7 Å². The molecule has 1 aromatic rings. The fourth-order valence-corrected chi connectivity index (χ4v) is 2.87. The summed E-state index contributed by atoms with van der Waals surface area (Å²) in [7, 11) is -3.27. The smallest absolute Gasteiger partial charge is 0.215 e. The molecule has 18 heavy (non-hydrogen) atoms. The van der Waals surface area contributed by atoms with Gasteiger partial charge in [-0.25, -0.2) is 13.1 Å². The van der Waals surface area contributed by atoms with Gasteiger partial charge in [-0.1, -0.05) is 35.0 Å². The van der Waals surface area contributed by atoms with Gasteiger partial charge < -0.3 is 5.32 Å². The number of halogens is 1. The fourth-order valence-electron chi connectivity index (χ4n) is 1.43. The summed E-state index contributed by atoms with van der Waals surface area (Å²) < 4.78 is 27.4. The zero-order valence-electron chi connectivity index (χ0n) is 10.6. The molecule has 1 aromatic carbocycles. The van der Waals surface area contributed by atoms with Crippen molar-refractivity contribution in [2.75, 3.05) is 13.1 Å². The van der Waals surface area contributed by atoms with Crippen LogP contribution in [-0.4, -0.2) is 26.8 Å². The Kier molecular flexibility index (Phi) is 6.28. The maximum Gasteiger partial charge on any atom is 0.215 e. The first-order chi connectivity index (χ1) is 8.45. The van der Waals surface area contributed by atoms with Crippen molar-refractivity contribution in [3.05, 3.63) is 34.3 Å². The summed E-state index contributed by atoms with van der Waals surface area (Å²) in [5.74, 6) is 0. The highest BCUT2D eigenvalue weighted by Gasteiger charge is 2.19. The highest BCUT2D eigenvalue weighted by molar-refractivity contribution is 9.10. The zero-order valence-corrected chi connectivity index (χ0v) is 13.0. The quantitative estimate of drug-likeness (QED) is 0.800. The summed E-state index contributed by atoms with van der Waals surface area (Å²) in [5, 5.41) is 2.59. The Morgan fingerprint density at radius 1 is 1.39 bits per heavy atom. The topological polar surface area (TPSA) is 58.2 Å². The third kappa shape index (κ3) is 5.06. The third-order valence-corrected chi connectivity index (χ3v) is 4.84. The molecular weight excluding hydrogens is 316 g/mol. The van der Waals surface area contributed by atoms with Crippen molar-refractivity contribution >= 4 is 26.0 Å². The van der Waals surface area contributed by atoms with Crippen LogP contribution in [0.1, 0.15) is 19.4 Å². The molecule has 102 valence electrons. The van der Waals surface area contributed by atoms with E-state index in [4.69, 9.17) is 0 Å². The van der Waals surface area contributed by atoms with Crippen molar-refractivity contribution in [1.29, 1.82) is 0 Å². The minimum absolute atomic E-state index is 0.318. The second-order valence-corrected chi connectivity index (χ2v) is 7.21. The lowest BCUT2D eigenvalue weighted by Gasteiger charge is -2.14. The highest BCUT2D eigenvalue weighted by atomic mass is 79.9. The molecule has 0 aliphatic rings. The van der Waals surface area contributed by atoms with Crippen molar-refractivity contribution < 1.29 is 8.42 Å². The van der Waals surface area contributed by atoms with E-state index in [1.165, 1.54) is 0 Å². The van der Waals surface area contributed by atoms with Crippen LogP contribution in [-0.2, 0) is 16.6 Å². The molecule has 0 aliphatic carbocycles. The molecule has 1 rings (SSSR count). The van der Waals surface area contributed by atoms with E-state index in [0.29, 0.717) is 13.1 Å². The second-order valence-electron chi connectivity index (χ2n) is 4.11. The van der Waals surface area contributed by atoms with Crippen LogP contribution in [0.3, 0.4) is 0 Å². The lowest BCUT2D eigenvalue weighted by atomic mass is 10.2. The SMILES string of the molecule is CCNCC(C)S(=O)(=O)NCc1cccc(Br)c1. The number of hydrogen-bond acceptors (Lipinski definition) is 3. The van der Waals surface area contributed by atoms with Gasteiger partial charge >= 0.3 is 0 Å². The van der Waals surface area contributed by atoms with Gasteiger partial charge in [-0.05, 0) is 31.2 Å². The largest absolute Gasteiger partial charge is 0.316 e. The molecule has 0 heterocycles. The minimum Gasteiger partial charge on any atom is -0.316 e. The van der Waals surface area contributed by atoms with Crippen LogP contribution in [0.2, 0.25) is 0 Å². The summed E-state index contributed by atoms with van der Waals surface area (Å²) in [6, 6.07) is 7.58. The molecule has 2 N–H and O–H groups in total. The van der Waals surface area contributed by atoms with Gasteiger partial charge in [-0.3, -0.25) is 0 Å². The summed E-state index contributed by atoms with van der Waals surface area (Å²) in [6.45, 7) is 5.20. The van der Waals surface area contributed by atoms with Gasteiger partial charge in [0.2, 0.25) is 10.0 Å². The van der Waals surface area contributed by atoms with Crippen LogP contribution < -0.4 is 10.0 Å². The van der Waals surface area contributed by atoms with Gasteiger partial charge in [0.25, 0.3) is 0 Å². The van der Waals surface area contributed by atoms with Gasteiger partial charge in [0.1, 0.15) is 0 Å². The highest BCUT2D eigenvalue weighted by Crippen LogP contribution is 2.11. The van der Waals surface area contributed by atoms with E-state index in [0.717, 1.165) is 16.6 Å². The molecule has 0 spiro atoms. The van der Waals surface area contributed by atoms with Gasteiger partial charge in [-0.15, -0.1) is 0 Å². The molecule has 0 bridgehead atoms. The molecule has 0 saturated heterocycles. The minimum atomic E-state index is -3.27. The molecule has 1 unspecified atom stereocenters. The van der Waals surface area contributed by atoms with Crippen molar-refractivity contribution in [1.82, 2.24) is 10.0 Å². The van der Waals surface area contributed by atoms with Gasteiger partial charge in [0.05, 0.1) is 5.25 Å². The molecule has 1 atom stereocenters. The Morgan fingerprint density at radius 3 is 2.72 bits per heavy atom. The fraction of sp³-hybridized carbons (Fsp3) is 0.500. The van der Waals surface area contributed by atoms with E-state index < -0.39 is 15.3 Å². The summed E-state index contributed by atoms with van der Waals surface area (Å²) in [4.78, 5) is 0. The average Bonchev–Trinajstić information content (AvgIpc) is 2.33. The average molecular weight is 335 g/mol. The van der Waals surface area contributed by atoms with Crippen LogP contribution in [0, 0.1) is 0 Å². The lowest BCUT2D eigenvalue weighted by molar-refractivity contribution is 0.560. The summed E-state index contributed by atoms with van der Waals surface area (Å²) in [5.41, 5.74) is 0.934. The predicted octanol–water partition coefficient (Wildman–Crippen LogP) is 1.87. The van der Waals surface area contributed by atoms with Crippen molar-refractivity contribution in [2.45, 2.75) is 25.6 Å². The van der Waals surface area contributed by atoms with E-state index >= 15 is 0 Å². The Bertz CT molecular complexity index is 477. The number of benzene rings is 1.